The monoisotopic (exact) mass is 292 g/mol. The van der Waals surface area contributed by atoms with Crippen molar-refractivity contribution in [2.24, 2.45) is 11.7 Å². The van der Waals surface area contributed by atoms with Crippen molar-refractivity contribution in [3.8, 4) is 0 Å². The maximum atomic E-state index is 12.6. The van der Waals surface area contributed by atoms with Crippen molar-refractivity contribution in [3.63, 3.8) is 0 Å². The van der Waals surface area contributed by atoms with Crippen LogP contribution in [0, 0.1) is 5.92 Å². The van der Waals surface area contributed by atoms with E-state index >= 15 is 0 Å². The molecular formula is C16H24N2OS. The Morgan fingerprint density at radius 3 is 2.55 bits per heavy atom. The van der Waals surface area contributed by atoms with E-state index in [9.17, 15) is 4.79 Å². The van der Waals surface area contributed by atoms with Crippen molar-refractivity contribution < 1.29 is 4.79 Å². The summed E-state index contributed by atoms with van der Waals surface area (Å²) in [6, 6.07) is 7.52. The number of nitrogens with two attached hydrogens (primary N) is 1. The van der Waals surface area contributed by atoms with Gasteiger partial charge in [0.05, 0.1) is 5.69 Å². The van der Waals surface area contributed by atoms with Crippen LogP contribution in [0.4, 0.5) is 5.69 Å². The molecule has 0 aliphatic carbocycles. The second-order valence-corrected chi connectivity index (χ2v) is 5.47. The van der Waals surface area contributed by atoms with E-state index in [0.29, 0.717) is 4.99 Å². The Hall–Kier alpha value is -1.42. The zero-order valence-electron chi connectivity index (χ0n) is 12.6. The van der Waals surface area contributed by atoms with E-state index < -0.39 is 0 Å². The third kappa shape index (κ3) is 4.04. The maximum absolute atomic E-state index is 12.6. The van der Waals surface area contributed by atoms with Crippen molar-refractivity contribution in [1.82, 2.24) is 0 Å². The predicted molar refractivity (Wildman–Crippen MR) is 89.0 cm³/mol. The minimum Gasteiger partial charge on any atom is -0.389 e. The molecule has 1 aromatic carbocycles. The molecule has 3 nitrogen and oxygen atoms in total. The number of para-hydroxylation sites is 1. The number of unbranched alkanes of at least 4 members (excludes halogenated alkanes) is 1. The van der Waals surface area contributed by atoms with Crippen LogP contribution in [0.25, 0.3) is 0 Å². The average molecular weight is 292 g/mol. The molecule has 1 rings (SSSR count). The number of nitrogens with zero attached hydrogens (tertiary/aromatic N) is 1. The van der Waals surface area contributed by atoms with E-state index in [1.165, 1.54) is 0 Å². The van der Waals surface area contributed by atoms with E-state index in [2.05, 4.69) is 13.8 Å². The molecule has 4 heteroatoms. The van der Waals surface area contributed by atoms with Crippen molar-refractivity contribution in [1.29, 1.82) is 0 Å². The molecule has 0 fully saturated rings. The van der Waals surface area contributed by atoms with Crippen molar-refractivity contribution in [2.75, 3.05) is 11.9 Å². The van der Waals surface area contributed by atoms with Crippen molar-refractivity contribution in [3.05, 3.63) is 29.8 Å². The number of rotatable bonds is 7. The standard InChI is InChI=1S/C16H24N2OS/c1-4-6-9-12(5-2)16(19)18(3)14-11-8-7-10-13(14)15(17)20/h7-8,10-12H,4-6,9H2,1-3H3,(H2,17,20). The molecule has 0 bridgehead atoms. The third-order valence-corrected chi connectivity index (χ3v) is 3.83. The first-order valence-electron chi connectivity index (χ1n) is 7.19. The summed E-state index contributed by atoms with van der Waals surface area (Å²) in [4.78, 5) is 14.6. The molecule has 0 saturated carbocycles. The Bertz CT molecular complexity index is 473. The number of thiocarbonyl (C=S) groups is 1. The van der Waals surface area contributed by atoms with Gasteiger partial charge < -0.3 is 10.6 Å². The van der Waals surface area contributed by atoms with Crippen LogP contribution in [-0.2, 0) is 4.79 Å². The first-order chi connectivity index (χ1) is 9.52. The summed E-state index contributed by atoms with van der Waals surface area (Å²) in [5.74, 6) is 0.212. The van der Waals surface area contributed by atoms with Crippen LogP contribution in [0.15, 0.2) is 24.3 Å². The van der Waals surface area contributed by atoms with Crippen LogP contribution >= 0.6 is 12.2 Å². The summed E-state index contributed by atoms with van der Waals surface area (Å²) in [6.45, 7) is 4.20. The molecule has 0 aromatic heterocycles. The molecule has 20 heavy (non-hydrogen) atoms. The SMILES string of the molecule is CCCCC(CC)C(=O)N(C)c1ccccc1C(N)=S. The zero-order valence-corrected chi connectivity index (χ0v) is 13.4. The van der Waals surface area contributed by atoms with Gasteiger partial charge in [0.25, 0.3) is 0 Å². The summed E-state index contributed by atoms with van der Waals surface area (Å²) in [7, 11) is 1.80. The van der Waals surface area contributed by atoms with Gasteiger partial charge in [-0.1, -0.05) is 51.0 Å². The zero-order chi connectivity index (χ0) is 15.1. The molecule has 1 unspecified atom stereocenters. The Labute approximate surface area is 127 Å². The van der Waals surface area contributed by atoms with E-state index in [0.717, 1.165) is 36.9 Å². The lowest BCUT2D eigenvalue weighted by Crippen LogP contribution is -2.34. The van der Waals surface area contributed by atoms with Gasteiger partial charge in [0.2, 0.25) is 5.91 Å². The molecule has 0 spiro atoms. The fraction of sp³-hybridized carbons (Fsp3) is 0.500. The van der Waals surface area contributed by atoms with Crippen LogP contribution in [-0.4, -0.2) is 17.9 Å². The number of amides is 1. The molecule has 1 amide bonds. The minimum absolute atomic E-state index is 0.0688. The summed E-state index contributed by atoms with van der Waals surface area (Å²) >= 11 is 5.06. The van der Waals surface area contributed by atoms with Crippen LogP contribution in [0.1, 0.15) is 45.1 Å². The largest absolute Gasteiger partial charge is 0.389 e. The normalized spacial score (nSPS) is 11.9. The van der Waals surface area contributed by atoms with Gasteiger partial charge in [-0.2, -0.15) is 0 Å². The summed E-state index contributed by atoms with van der Waals surface area (Å²) in [5, 5.41) is 0. The Morgan fingerprint density at radius 1 is 1.35 bits per heavy atom. The molecule has 0 saturated heterocycles. The van der Waals surface area contributed by atoms with Gasteiger partial charge in [0, 0.05) is 18.5 Å². The van der Waals surface area contributed by atoms with E-state index in [4.69, 9.17) is 18.0 Å². The third-order valence-electron chi connectivity index (χ3n) is 3.61. The van der Waals surface area contributed by atoms with E-state index in [-0.39, 0.29) is 11.8 Å². The second kappa shape index (κ2) is 8.00. The number of anilines is 1. The van der Waals surface area contributed by atoms with Gasteiger partial charge in [-0.3, -0.25) is 4.79 Å². The van der Waals surface area contributed by atoms with Crippen LogP contribution in [0.3, 0.4) is 0 Å². The van der Waals surface area contributed by atoms with Gasteiger partial charge in [0.15, 0.2) is 0 Å². The Kier molecular flexibility index (Phi) is 6.65. The average Bonchev–Trinajstić information content (AvgIpc) is 2.46. The quantitative estimate of drug-likeness (QED) is 0.782. The van der Waals surface area contributed by atoms with E-state index in [1.54, 1.807) is 11.9 Å². The summed E-state index contributed by atoms with van der Waals surface area (Å²) in [6.07, 6.45) is 3.98. The highest BCUT2D eigenvalue weighted by atomic mass is 32.1. The lowest BCUT2D eigenvalue weighted by atomic mass is 9.97. The second-order valence-electron chi connectivity index (χ2n) is 5.03. The fourth-order valence-electron chi connectivity index (χ4n) is 2.32. The molecule has 0 aliphatic rings. The molecule has 1 atom stereocenters. The van der Waals surface area contributed by atoms with Crippen molar-refractivity contribution >= 4 is 28.8 Å². The maximum Gasteiger partial charge on any atom is 0.229 e. The highest BCUT2D eigenvalue weighted by Gasteiger charge is 2.22. The first-order valence-corrected chi connectivity index (χ1v) is 7.60. The lowest BCUT2D eigenvalue weighted by Gasteiger charge is -2.25. The molecular weight excluding hydrogens is 268 g/mol. The number of benzene rings is 1. The Balaban J connectivity index is 2.96. The highest BCUT2D eigenvalue weighted by molar-refractivity contribution is 7.80. The predicted octanol–water partition coefficient (Wildman–Crippen LogP) is 3.50. The van der Waals surface area contributed by atoms with Gasteiger partial charge in [-0.15, -0.1) is 0 Å². The first kappa shape index (κ1) is 16.6. The number of hydrogen-bond donors (Lipinski definition) is 1. The summed E-state index contributed by atoms with van der Waals surface area (Å²) in [5.41, 5.74) is 7.28. The molecule has 0 radical (unpaired) electrons. The van der Waals surface area contributed by atoms with Gasteiger partial charge >= 0.3 is 0 Å². The van der Waals surface area contributed by atoms with Crippen LogP contribution in [0.5, 0.6) is 0 Å². The topological polar surface area (TPSA) is 46.3 Å². The lowest BCUT2D eigenvalue weighted by molar-refractivity contribution is -0.122. The highest BCUT2D eigenvalue weighted by Crippen LogP contribution is 2.23. The minimum atomic E-state index is 0.0688. The number of hydrogen-bond acceptors (Lipinski definition) is 2. The van der Waals surface area contributed by atoms with Crippen LogP contribution in [0.2, 0.25) is 0 Å². The number of carbonyl (C=O) groups is 1. The number of carbonyl (C=O) groups excluding carboxylic acids is 1. The van der Waals surface area contributed by atoms with Gasteiger partial charge in [-0.05, 0) is 25.0 Å². The van der Waals surface area contributed by atoms with Crippen molar-refractivity contribution in [2.45, 2.75) is 39.5 Å². The molecule has 0 aliphatic heterocycles. The molecule has 110 valence electrons. The molecule has 2 N–H and O–H groups in total. The van der Waals surface area contributed by atoms with Gasteiger partial charge in [0.1, 0.15) is 4.99 Å². The van der Waals surface area contributed by atoms with Crippen LogP contribution < -0.4 is 10.6 Å². The van der Waals surface area contributed by atoms with Gasteiger partial charge in [-0.25, -0.2) is 0 Å². The summed E-state index contributed by atoms with van der Waals surface area (Å²) < 4.78 is 0. The smallest absolute Gasteiger partial charge is 0.229 e. The molecule has 0 heterocycles. The fourth-order valence-corrected chi connectivity index (χ4v) is 2.49. The molecule has 1 aromatic rings. The Morgan fingerprint density at radius 2 is 2.00 bits per heavy atom. The van der Waals surface area contributed by atoms with E-state index in [1.807, 2.05) is 24.3 Å².